The number of hydrogen-bond acceptors (Lipinski definition) is 4. The maximum absolute atomic E-state index is 13.8. The Hall–Kier alpha value is -1.86. The van der Waals surface area contributed by atoms with E-state index in [4.69, 9.17) is 10.2 Å². The van der Waals surface area contributed by atoms with Crippen molar-refractivity contribution in [2.75, 3.05) is 12.8 Å². The van der Waals surface area contributed by atoms with E-state index in [0.717, 1.165) is 15.9 Å². The molecule has 0 spiro atoms. The Labute approximate surface area is 116 Å². The SMILES string of the molecule is Cc1occc1CN(C)S(=O)(=O)c1ccc(N)cc1F. The summed E-state index contributed by atoms with van der Waals surface area (Å²) in [5.74, 6) is -0.231. The number of benzene rings is 1. The third-order valence-electron chi connectivity index (χ3n) is 3.00. The van der Waals surface area contributed by atoms with Crippen molar-refractivity contribution in [3.8, 4) is 0 Å². The number of anilines is 1. The van der Waals surface area contributed by atoms with Crippen molar-refractivity contribution in [1.82, 2.24) is 4.31 Å². The van der Waals surface area contributed by atoms with E-state index in [1.807, 2.05) is 0 Å². The average molecular weight is 298 g/mol. The number of rotatable bonds is 4. The van der Waals surface area contributed by atoms with Crippen LogP contribution in [-0.4, -0.2) is 19.8 Å². The van der Waals surface area contributed by atoms with Crippen LogP contribution in [0.1, 0.15) is 11.3 Å². The van der Waals surface area contributed by atoms with Crippen LogP contribution in [-0.2, 0) is 16.6 Å². The first-order chi connectivity index (χ1) is 9.32. The van der Waals surface area contributed by atoms with E-state index in [9.17, 15) is 12.8 Å². The highest BCUT2D eigenvalue weighted by Crippen LogP contribution is 2.22. The average Bonchev–Trinajstić information content (AvgIpc) is 2.74. The minimum Gasteiger partial charge on any atom is -0.469 e. The van der Waals surface area contributed by atoms with E-state index in [-0.39, 0.29) is 12.2 Å². The Morgan fingerprint density at radius 2 is 2.05 bits per heavy atom. The zero-order valence-corrected chi connectivity index (χ0v) is 11.9. The monoisotopic (exact) mass is 298 g/mol. The molecule has 0 amide bonds. The Morgan fingerprint density at radius 3 is 2.60 bits per heavy atom. The highest BCUT2D eigenvalue weighted by atomic mass is 32.2. The van der Waals surface area contributed by atoms with E-state index < -0.39 is 20.7 Å². The van der Waals surface area contributed by atoms with Crippen LogP contribution in [0.15, 0.2) is 39.8 Å². The van der Waals surface area contributed by atoms with Crippen molar-refractivity contribution < 1.29 is 17.2 Å². The summed E-state index contributed by atoms with van der Waals surface area (Å²) in [7, 11) is -2.53. The largest absolute Gasteiger partial charge is 0.469 e. The Bertz CT molecular complexity index is 725. The maximum atomic E-state index is 13.8. The first kappa shape index (κ1) is 14.5. The van der Waals surface area contributed by atoms with Crippen LogP contribution < -0.4 is 5.73 Å². The molecule has 7 heteroatoms. The zero-order chi connectivity index (χ0) is 14.9. The van der Waals surface area contributed by atoms with Crippen LogP contribution in [0.5, 0.6) is 0 Å². The number of halogens is 1. The van der Waals surface area contributed by atoms with Crippen molar-refractivity contribution in [2.24, 2.45) is 0 Å². The van der Waals surface area contributed by atoms with Gasteiger partial charge in [0, 0.05) is 24.8 Å². The van der Waals surface area contributed by atoms with Gasteiger partial charge in [-0.25, -0.2) is 12.8 Å². The molecule has 0 aliphatic heterocycles. The Balaban J connectivity index is 2.32. The number of hydrogen-bond donors (Lipinski definition) is 1. The smallest absolute Gasteiger partial charge is 0.246 e. The van der Waals surface area contributed by atoms with E-state index in [1.54, 1.807) is 13.0 Å². The zero-order valence-electron chi connectivity index (χ0n) is 11.1. The number of aryl methyl sites for hydroxylation is 1. The molecule has 2 aromatic rings. The van der Waals surface area contributed by atoms with Gasteiger partial charge in [-0.05, 0) is 31.2 Å². The van der Waals surface area contributed by atoms with Gasteiger partial charge in [0.2, 0.25) is 10.0 Å². The Kier molecular flexibility index (Phi) is 3.82. The van der Waals surface area contributed by atoms with Gasteiger partial charge < -0.3 is 10.2 Å². The van der Waals surface area contributed by atoms with Crippen molar-refractivity contribution in [3.05, 3.63) is 47.7 Å². The van der Waals surface area contributed by atoms with Crippen LogP contribution in [0, 0.1) is 12.7 Å². The molecule has 2 rings (SSSR count). The lowest BCUT2D eigenvalue weighted by Crippen LogP contribution is -2.27. The van der Waals surface area contributed by atoms with Gasteiger partial charge in [-0.15, -0.1) is 0 Å². The molecule has 1 heterocycles. The number of nitrogens with two attached hydrogens (primary N) is 1. The normalized spacial score (nSPS) is 12.0. The second kappa shape index (κ2) is 5.26. The van der Waals surface area contributed by atoms with Crippen LogP contribution in [0.25, 0.3) is 0 Å². The molecule has 20 heavy (non-hydrogen) atoms. The first-order valence-corrected chi connectivity index (χ1v) is 7.30. The van der Waals surface area contributed by atoms with Gasteiger partial charge in [0.15, 0.2) is 0 Å². The molecule has 0 fully saturated rings. The predicted molar refractivity (Wildman–Crippen MR) is 72.9 cm³/mol. The highest BCUT2D eigenvalue weighted by molar-refractivity contribution is 7.89. The van der Waals surface area contributed by atoms with Crippen molar-refractivity contribution in [3.63, 3.8) is 0 Å². The van der Waals surface area contributed by atoms with Gasteiger partial charge >= 0.3 is 0 Å². The summed E-state index contributed by atoms with van der Waals surface area (Å²) >= 11 is 0. The first-order valence-electron chi connectivity index (χ1n) is 5.86. The van der Waals surface area contributed by atoms with Crippen molar-refractivity contribution >= 4 is 15.7 Å². The fourth-order valence-electron chi connectivity index (χ4n) is 1.79. The quantitative estimate of drug-likeness (QED) is 0.877. The van der Waals surface area contributed by atoms with Crippen LogP contribution in [0.3, 0.4) is 0 Å². The minimum atomic E-state index is -3.92. The highest BCUT2D eigenvalue weighted by Gasteiger charge is 2.25. The van der Waals surface area contributed by atoms with E-state index in [2.05, 4.69) is 0 Å². The standard InChI is InChI=1S/C13H15FN2O3S/c1-9-10(5-6-19-9)8-16(2)20(17,18)13-4-3-11(15)7-12(13)14/h3-7H,8,15H2,1-2H3. The van der Waals surface area contributed by atoms with Gasteiger partial charge in [-0.1, -0.05) is 0 Å². The minimum absolute atomic E-state index is 0.106. The fourth-order valence-corrected chi connectivity index (χ4v) is 2.98. The van der Waals surface area contributed by atoms with Gasteiger partial charge in [0.05, 0.1) is 6.26 Å². The second-order valence-electron chi connectivity index (χ2n) is 4.45. The van der Waals surface area contributed by atoms with Crippen LogP contribution >= 0.6 is 0 Å². The molecule has 0 radical (unpaired) electrons. The van der Waals surface area contributed by atoms with Gasteiger partial charge in [0.1, 0.15) is 16.5 Å². The van der Waals surface area contributed by atoms with Gasteiger partial charge in [-0.3, -0.25) is 0 Å². The topological polar surface area (TPSA) is 76.5 Å². The third-order valence-corrected chi connectivity index (χ3v) is 4.84. The van der Waals surface area contributed by atoms with E-state index in [1.165, 1.54) is 25.4 Å². The molecule has 108 valence electrons. The molecule has 1 aromatic heterocycles. The molecule has 5 nitrogen and oxygen atoms in total. The summed E-state index contributed by atoms with van der Waals surface area (Å²) in [6.07, 6.45) is 1.48. The Morgan fingerprint density at radius 1 is 1.35 bits per heavy atom. The molecule has 0 saturated carbocycles. The lowest BCUT2D eigenvalue weighted by molar-refractivity contribution is 0.453. The summed E-state index contributed by atoms with van der Waals surface area (Å²) in [6, 6.07) is 5.19. The molecule has 0 saturated heterocycles. The lowest BCUT2D eigenvalue weighted by Gasteiger charge is -2.17. The van der Waals surface area contributed by atoms with Gasteiger partial charge in [0.25, 0.3) is 0 Å². The summed E-state index contributed by atoms with van der Waals surface area (Å²) in [5.41, 5.74) is 6.32. The number of nitrogen functional groups attached to an aromatic ring is 1. The summed E-state index contributed by atoms with van der Waals surface area (Å²) < 4.78 is 44.6. The fraction of sp³-hybridized carbons (Fsp3) is 0.231. The number of sulfonamides is 1. The summed E-state index contributed by atoms with van der Waals surface area (Å²) in [4.78, 5) is -0.393. The summed E-state index contributed by atoms with van der Waals surface area (Å²) in [6.45, 7) is 1.84. The lowest BCUT2D eigenvalue weighted by atomic mass is 10.3. The predicted octanol–water partition coefficient (Wildman–Crippen LogP) is 2.13. The molecular weight excluding hydrogens is 283 g/mol. The van der Waals surface area contributed by atoms with Crippen LogP contribution in [0.2, 0.25) is 0 Å². The molecule has 1 aromatic carbocycles. The molecule has 0 atom stereocenters. The number of nitrogens with zero attached hydrogens (tertiary/aromatic N) is 1. The molecule has 0 bridgehead atoms. The maximum Gasteiger partial charge on any atom is 0.246 e. The van der Waals surface area contributed by atoms with Crippen molar-refractivity contribution in [1.29, 1.82) is 0 Å². The van der Waals surface area contributed by atoms with Crippen molar-refractivity contribution in [2.45, 2.75) is 18.4 Å². The second-order valence-corrected chi connectivity index (χ2v) is 6.47. The van der Waals surface area contributed by atoms with E-state index >= 15 is 0 Å². The molecular formula is C13H15FN2O3S. The molecule has 2 N–H and O–H groups in total. The molecule has 0 aliphatic rings. The summed E-state index contributed by atoms with van der Waals surface area (Å²) in [5, 5.41) is 0. The molecule has 0 aliphatic carbocycles. The molecule has 0 unspecified atom stereocenters. The number of furan rings is 1. The van der Waals surface area contributed by atoms with Crippen LogP contribution in [0.4, 0.5) is 10.1 Å². The third kappa shape index (κ3) is 2.68. The van der Waals surface area contributed by atoms with Gasteiger partial charge in [-0.2, -0.15) is 4.31 Å². The van der Waals surface area contributed by atoms with E-state index in [0.29, 0.717) is 5.76 Å².